The number of carbonyl (C=O) groups is 1. The molecule has 0 saturated heterocycles. The van der Waals surface area contributed by atoms with Crippen LogP contribution >= 0.6 is 12.4 Å². The Morgan fingerprint density at radius 3 is 1.79 bits per heavy atom. The van der Waals surface area contributed by atoms with Gasteiger partial charge in [-0.15, -0.1) is 12.4 Å². The summed E-state index contributed by atoms with van der Waals surface area (Å²) < 4.78 is 10.5. The summed E-state index contributed by atoms with van der Waals surface area (Å²) in [5, 5.41) is 8.21. The molecule has 2 aromatic carbocycles. The van der Waals surface area contributed by atoms with Gasteiger partial charge in [0.15, 0.2) is 0 Å². The van der Waals surface area contributed by atoms with Crippen molar-refractivity contribution in [2.45, 2.75) is 19.8 Å². The van der Waals surface area contributed by atoms with Crippen LogP contribution in [0, 0.1) is 11.3 Å². The number of para-hydroxylation sites is 2. The topological polar surface area (TPSA) is 59.3 Å². The molecule has 2 rings (SSSR count). The van der Waals surface area contributed by atoms with E-state index in [1.54, 1.807) is 6.92 Å². The normalized spacial score (nSPS) is 8.67. The van der Waals surface area contributed by atoms with E-state index in [-0.39, 0.29) is 18.2 Å². The van der Waals surface area contributed by atoms with E-state index in [1.807, 2.05) is 66.7 Å². The summed E-state index contributed by atoms with van der Waals surface area (Å²) in [6.07, 6.45) is 0.920. The Labute approximate surface area is 149 Å². The van der Waals surface area contributed by atoms with Crippen molar-refractivity contribution in [1.82, 2.24) is 0 Å². The van der Waals surface area contributed by atoms with Gasteiger partial charge in [0, 0.05) is 6.42 Å². The molecule has 0 aliphatic rings. The van der Waals surface area contributed by atoms with Crippen LogP contribution in [0.3, 0.4) is 0 Å². The quantitative estimate of drug-likeness (QED) is 0.694. The van der Waals surface area contributed by atoms with E-state index < -0.39 is 0 Å². The smallest absolute Gasteiger partial charge is 0.133 e. The summed E-state index contributed by atoms with van der Waals surface area (Å²) in [5.41, 5.74) is 0. The fourth-order valence-corrected chi connectivity index (χ4v) is 1.56. The Morgan fingerprint density at radius 2 is 1.38 bits per heavy atom. The molecule has 0 unspecified atom stereocenters. The number of hydrogen-bond acceptors (Lipinski definition) is 4. The van der Waals surface area contributed by atoms with Gasteiger partial charge in [0.2, 0.25) is 0 Å². The number of Topliss-reactive ketones (excluding diaryl/α,β-unsaturated/α-hetero) is 1. The zero-order chi connectivity index (χ0) is 16.8. The summed E-state index contributed by atoms with van der Waals surface area (Å²) in [6.45, 7) is 2.51. The Bertz CT molecular complexity index is 597. The van der Waals surface area contributed by atoms with Crippen LogP contribution in [0.1, 0.15) is 19.8 Å². The second-order valence-electron chi connectivity index (χ2n) is 4.68. The Balaban J connectivity index is 0.000000425. The van der Waals surface area contributed by atoms with E-state index in [0.717, 1.165) is 11.5 Å². The van der Waals surface area contributed by atoms with Crippen LogP contribution in [0.25, 0.3) is 0 Å². The van der Waals surface area contributed by atoms with Gasteiger partial charge in [-0.2, -0.15) is 5.26 Å². The second-order valence-corrected chi connectivity index (χ2v) is 4.68. The van der Waals surface area contributed by atoms with Crippen LogP contribution in [0.5, 0.6) is 11.5 Å². The van der Waals surface area contributed by atoms with Gasteiger partial charge >= 0.3 is 0 Å². The summed E-state index contributed by atoms with van der Waals surface area (Å²) in [5.74, 6) is 1.80. The zero-order valence-corrected chi connectivity index (χ0v) is 14.5. The van der Waals surface area contributed by atoms with Gasteiger partial charge in [-0.3, -0.25) is 4.79 Å². The summed E-state index contributed by atoms with van der Waals surface area (Å²) >= 11 is 0. The van der Waals surface area contributed by atoms with Crippen molar-refractivity contribution in [1.29, 1.82) is 5.26 Å². The Kier molecular flexibility index (Phi) is 12.6. The third-order valence-electron chi connectivity index (χ3n) is 2.69. The molecular weight excluding hydrogens is 326 g/mol. The predicted octanol–water partition coefficient (Wildman–Crippen LogP) is 4.45. The average Bonchev–Trinajstić information content (AvgIpc) is 2.57. The number of benzene rings is 2. The highest BCUT2D eigenvalue weighted by Gasteiger charge is 1.94. The standard InChI is InChI=1S/C10H12O2.C9H9NO.ClH/c1-9(11)7-8-12-10-5-3-2-4-6-10;10-7-4-8-11-9-5-2-1-3-6-9;/h2-6H,7-8H2,1H3;1-3,5-6H,4,8H2;1H. The molecule has 0 heterocycles. The highest BCUT2D eigenvalue weighted by molar-refractivity contribution is 5.85. The maximum atomic E-state index is 10.6. The van der Waals surface area contributed by atoms with Crippen LogP contribution in [-0.2, 0) is 4.79 Å². The molecule has 0 spiro atoms. The van der Waals surface area contributed by atoms with E-state index in [9.17, 15) is 4.79 Å². The first-order valence-corrected chi connectivity index (χ1v) is 7.44. The monoisotopic (exact) mass is 347 g/mol. The van der Waals surface area contributed by atoms with Crippen molar-refractivity contribution in [2.75, 3.05) is 13.2 Å². The predicted molar refractivity (Wildman–Crippen MR) is 96.7 cm³/mol. The van der Waals surface area contributed by atoms with E-state index >= 15 is 0 Å². The first-order chi connectivity index (χ1) is 11.2. The highest BCUT2D eigenvalue weighted by atomic mass is 35.5. The molecule has 0 aromatic heterocycles. The number of nitriles is 1. The fraction of sp³-hybridized carbons (Fsp3) is 0.263. The molecule has 4 nitrogen and oxygen atoms in total. The van der Waals surface area contributed by atoms with Crippen LogP contribution in [0.4, 0.5) is 0 Å². The molecule has 0 bridgehead atoms. The molecule has 5 heteroatoms. The lowest BCUT2D eigenvalue weighted by molar-refractivity contribution is -0.117. The first kappa shape index (κ1) is 21.5. The van der Waals surface area contributed by atoms with Crippen LogP contribution in [-0.4, -0.2) is 19.0 Å². The van der Waals surface area contributed by atoms with Gasteiger partial charge < -0.3 is 9.47 Å². The molecule has 2 aromatic rings. The molecule has 0 aliphatic heterocycles. The lowest BCUT2D eigenvalue weighted by Gasteiger charge is -2.02. The lowest BCUT2D eigenvalue weighted by Crippen LogP contribution is -2.02. The molecule has 0 saturated carbocycles. The van der Waals surface area contributed by atoms with Crippen LogP contribution in [0.15, 0.2) is 60.7 Å². The fourth-order valence-electron chi connectivity index (χ4n) is 1.56. The van der Waals surface area contributed by atoms with Gasteiger partial charge in [0.1, 0.15) is 23.9 Å². The van der Waals surface area contributed by atoms with E-state index in [0.29, 0.717) is 26.1 Å². The Hall–Kier alpha value is -2.51. The number of nitrogens with zero attached hydrogens (tertiary/aromatic N) is 1. The largest absolute Gasteiger partial charge is 0.493 e. The third-order valence-corrected chi connectivity index (χ3v) is 2.69. The molecule has 0 atom stereocenters. The average molecular weight is 348 g/mol. The number of rotatable bonds is 7. The number of ether oxygens (including phenoxy) is 2. The highest BCUT2D eigenvalue weighted by Crippen LogP contribution is 2.08. The van der Waals surface area contributed by atoms with Gasteiger partial charge in [-0.05, 0) is 31.2 Å². The van der Waals surface area contributed by atoms with Crippen molar-refractivity contribution in [3.63, 3.8) is 0 Å². The minimum atomic E-state index is 0. The maximum absolute atomic E-state index is 10.6. The zero-order valence-electron chi connectivity index (χ0n) is 13.7. The van der Waals surface area contributed by atoms with Crippen molar-refractivity contribution >= 4 is 18.2 Å². The van der Waals surface area contributed by atoms with Gasteiger partial charge in [-0.1, -0.05) is 36.4 Å². The van der Waals surface area contributed by atoms with E-state index in [4.69, 9.17) is 14.7 Å². The SMILES string of the molecule is CC(=O)CCOc1ccccc1.Cl.N#CCCOc1ccccc1. The molecule has 0 N–H and O–H groups in total. The third kappa shape index (κ3) is 11.1. The lowest BCUT2D eigenvalue weighted by atomic mass is 10.3. The van der Waals surface area contributed by atoms with Crippen LogP contribution in [0.2, 0.25) is 0 Å². The number of ketones is 1. The summed E-state index contributed by atoms with van der Waals surface area (Å²) in [7, 11) is 0. The molecule has 0 amide bonds. The summed E-state index contributed by atoms with van der Waals surface area (Å²) in [4.78, 5) is 10.6. The second kappa shape index (κ2) is 14.1. The summed E-state index contributed by atoms with van der Waals surface area (Å²) in [6, 6.07) is 21.0. The van der Waals surface area contributed by atoms with Gasteiger partial charge in [-0.25, -0.2) is 0 Å². The molecule has 128 valence electrons. The molecule has 0 aliphatic carbocycles. The minimum Gasteiger partial charge on any atom is -0.493 e. The van der Waals surface area contributed by atoms with Crippen molar-refractivity contribution in [3.05, 3.63) is 60.7 Å². The van der Waals surface area contributed by atoms with E-state index in [2.05, 4.69) is 0 Å². The maximum Gasteiger partial charge on any atom is 0.133 e. The van der Waals surface area contributed by atoms with Crippen LogP contribution < -0.4 is 9.47 Å². The van der Waals surface area contributed by atoms with Gasteiger partial charge in [0.25, 0.3) is 0 Å². The molecule has 0 radical (unpaired) electrons. The number of carbonyl (C=O) groups excluding carboxylic acids is 1. The Morgan fingerprint density at radius 1 is 0.917 bits per heavy atom. The molecule has 24 heavy (non-hydrogen) atoms. The van der Waals surface area contributed by atoms with Crippen molar-refractivity contribution in [2.24, 2.45) is 0 Å². The van der Waals surface area contributed by atoms with Crippen molar-refractivity contribution < 1.29 is 14.3 Å². The number of halogens is 1. The number of hydrogen-bond donors (Lipinski definition) is 0. The molecule has 0 fully saturated rings. The molecular formula is C19H22ClNO3. The van der Waals surface area contributed by atoms with Crippen molar-refractivity contribution in [3.8, 4) is 17.6 Å². The minimum absolute atomic E-state index is 0. The van der Waals surface area contributed by atoms with Gasteiger partial charge in [0.05, 0.1) is 19.1 Å². The van der Waals surface area contributed by atoms with E-state index in [1.165, 1.54) is 0 Å². The first-order valence-electron chi connectivity index (χ1n) is 7.44.